The van der Waals surface area contributed by atoms with Crippen molar-refractivity contribution in [3.05, 3.63) is 77.4 Å². The largest absolute Gasteiger partial charge is 1.00 e. The van der Waals surface area contributed by atoms with Crippen LogP contribution in [0.5, 0.6) is 0 Å². The van der Waals surface area contributed by atoms with E-state index in [1.54, 1.807) is 24.2 Å². The van der Waals surface area contributed by atoms with E-state index in [1.807, 2.05) is 0 Å². The molecule has 0 radical (unpaired) electrons. The van der Waals surface area contributed by atoms with E-state index in [0.717, 1.165) is 12.8 Å². The number of benzene rings is 2. The van der Waals surface area contributed by atoms with Crippen molar-refractivity contribution in [1.82, 2.24) is 0 Å². The van der Waals surface area contributed by atoms with E-state index < -0.39 is 0 Å². The number of fused-ring (bicyclic) bond motifs is 3. The Morgan fingerprint density at radius 2 is 1.86 bits per heavy atom. The Hall–Kier alpha value is -1.33. The minimum absolute atomic E-state index is 0. The van der Waals surface area contributed by atoms with Gasteiger partial charge < -0.3 is 2.85 Å². The minimum Gasteiger partial charge on any atom is -1.00 e. The van der Waals surface area contributed by atoms with Gasteiger partial charge in [0.25, 0.3) is 0 Å². The third-order valence-electron chi connectivity index (χ3n) is 3.82. The standard InChI is InChI=1S/C18H13.C3H6.Zr.2H/c1-2-6-13(5-1)14-9-10-18-16(11-14)12-15-7-3-4-8-17(15)18;1-3-2;;;/h1-5,7-10H,6,12H2;1-2H3;;;/q-1;;+2;2*-1. The van der Waals surface area contributed by atoms with Gasteiger partial charge in [-0.15, -0.1) is 41.0 Å². The SMILES string of the molecule is C[C](C)=[Zr+2].[H-].[H-].[c-]1c(C2=CC=CC2)ccc2c1Cc1ccccc1-2. The first kappa shape index (κ1) is 15.6. The molecule has 1 heteroatoms. The smallest absolute Gasteiger partial charge is 0.0195 e. The first-order valence-electron chi connectivity index (χ1n) is 7.66. The van der Waals surface area contributed by atoms with E-state index in [2.05, 4.69) is 74.5 Å². The van der Waals surface area contributed by atoms with E-state index in [9.17, 15) is 0 Å². The molecular weight excluding hydrogens is 343 g/mol. The van der Waals surface area contributed by atoms with Crippen LogP contribution in [0.1, 0.15) is 39.8 Å². The number of hydrogen-bond acceptors (Lipinski definition) is 0. The zero-order valence-electron chi connectivity index (χ0n) is 15.1. The molecular formula is C21H21Zr-. The Morgan fingerprint density at radius 3 is 2.59 bits per heavy atom. The maximum atomic E-state index is 3.61. The quantitative estimate of drug-likeness (QED) is 0.509. The van der Waals surface area contributed by atoms with Crippen molar-refractivity contribution in [3.8, 4) is 11.1 Å². The van der Waals surface area contributed by atoms with Crippen molar-refractivity contribution in [2.24, 2.45) is 0 Å². The van der Waals surface area contributed by atoms with Crippen molar-refractivity contribution in [3.63, 3.8) is 0 Å². The van der Waals surface area contributed by atoms with E-state index in [1.165, 1.54) is 36.6 Å². The van der Waals surface area contributed by atoms with Crippen molar-refractivity contribution >= 4 is 8.78 Å². The molecule has 2 aliphatic rings. The summed E-state index contributed by atoms with van der Waals surface area (Å²) >= 11 is 1.55. The van der Waals surface area contributed by atoms with Crippen molar-refractivity contribution < 1.29 is 27.1 Å². The zero-order valence-corrected chi connectivity index (χ0v) is 15.6. The summed E-state index contributed by atoms with van der Waals surface area (Å²) in [5.74, 6) is 0. The van der Waals surface area contributed by atoms with Crippen LogP contribution in [0.15, 0.2) is 54.6 Å². The van der Waals surface area contributed by atoms with Gasteiger partial charge >= 0.3 is 41.3 Å². The van der Waals surface area contributed by atoms with Crippen molar-refractivity contribution in [1.29, 1.82) is 0 Å². The number of rotatable bonds is 1. The van der Waals surface area contributed by atoms with Crippen LogP contribution in [-0.4, -0.2) is 3.21 Å². The molecule has 22 heavy (non-hydrogen) atoms. The molecule has 0 spiro atoms. The van der Waals surface area contributed by atoms with Crippen LogP contribution < -0.4 is 0 Å². The molecule has 2 aromatic carbocycles. The second-order valence-corrected chi connectivity index (χ2v) is 8.38. The fourth-order valence-corrected chi connectivity index (χ4v) is 2.89. The molecule has 0 unspecified atom stereocenters. The molecule has 0 aliphatic heterocycles. The summed E-state index contributed by atoms with van der Waals surface area (Å²) in [4.78, 5) is 0. The first-order chi connectivity index (χ1) is 10.6. The number of hydrogen-bond donors (Lipinski definition) is 0. The first-order valence-corrected chi connectivity index (χ1v) is 8.89. The molecule has 4 rings (SSSR count). The molecule has 0 aromatic heterocycles. The number of allylic oxidation sites excluding steroid dienone is 4. The predicted molar refractivity (Wildman–Crippen MR) is 93.8 cm³/mol. The molecule has 0 amide bonds. The summed E-state index contributed by atoms with van der Waals surface area (Å²) in [6.07, 6.45) is 8.60. The van der Waals surface area contributed by atoms with Gasteiger partial charge in [-0.1, -0.05) is 47.5 Å². The van der Waals surface area contributed by atoms with Crippen molar-refractivity contribution in [2.45, 2.75) is 26.7 Å². The van der Waals surface area contributed by atoms with Gasteiger partial charge in [0.2, 0.25) is 0 Å². The van der Waals surface area contributed by atoms with Gasteiger partial charge in [-0.2, -0.15) is 0 Å². The normalized spacial score (nSPS) is 13.9. The molecule has 0 atom stereocenters. The van der Waals surface area contributed by atoms with E-state index in [4.69, 9.17) is 0 Å². The average molecular weight is 365 g/mol. The van der Waals surface area contributed by atoms with Crippen LogP contribution >= 0.6 is 0 Å². The summed E-state index contributed by atoms with van der Waals surface area (Å²) in [6.45, 7) is 4.25. The summed E-state index contributed by atoms with van der Waals surface area (Å²) < 4.78 is 1.51. The van der Waals surface area contributed by atoms with Gasteiger partial charge in [-0.25, -0.2) is 0 Å². The van der Waals surface area contributed by atoms with Gasteiger partial charge in [0, 0.05) is 0 Å². The molecule has 0 saturated carbocycles. The van der Waals surface area contributed by atoms with Crippen LogP contribution in [0.4, 0.5) is 0 Å². The Labute approximate surface area is 150 Å². The van der Waals surface area contributed by atoms with Gasteiger partial charge in [-0.05, 0) is 18.4 Å². The molecule has 2 aromatic rings. The van der Waals surface area contributed by atoms with E-state index >= 15 is 0 Å². The monoisotopic (exact) mass is 363 g/mol. The third kappa shape index (κ3) is 3.36. The Balaban J connectivity index is 0.000000438. The van der Waals surface area contributed by atoms with Crippen molar-refractivity contribution in [2.75, 3.05) is 0 Å². The van der Waals surface area contributed by atoms with Gasteiger partial charge in [0.1, 0.15) is 0 Å². The fraction of sp³-hybridized carbons (Fsp3) is 0.190. The zero-order chi connectivity index (χ0) is 15.5. The topological polar surface area (TPSA) is 0 Å². The molecule has 0 heterocycles. The van der Waals surface area contributed by atoms with Crippen LogP contribution in [0.3, 0.4) is 0 Å². The minimum atomic E-state index is 0. The molecule has 0 fully saturated rings. The maximum Gasteiger partial charge on any atom is -0.0195 e. The Kier molecular flexibility index (Phi) is 4.84. The Morgan fingerprint density at radius 1 is 1.09 bits per heavy atom. The van der Waals surface area contributed by atoms with E-state index in [0.29, 0.717) is 0 Å². The fourth-order valence-electron chi connectivity index (χ4n) is 2.89. The Bertz CT molecular complexity index is 784. The van der Waals surface area contributed by atoms with Gasteiger partial charge in [0.05, 0.1) is 0 Å². The molecule has 0 N–H and O–H groups in total. The third-order valence-corrected chi connectivity index (χ3v) is 3.82. The van der Waals surface area contributed by atoms with Gasteiger partial charge in [-0.3, -0.25) is 0 Å². The molecule has 0 saturated heterocycles. The maximum absolute atomic E-state index is 3.61. The predicted octanol–water partition coefficient (Wildman–Crippen LogP) is 5.37. The van der Waals surface area contributed by atoms with Crippen LogP contribution in [0.25, 0.3) is 16.7 Å². The van der Waals surface area contributed by atoms with Gasteiger partial charge in [0.15, 0.2) is 0 Å². The second kappa shape index (κ2) is 6.84. The van der Waals surface area contributed by atoms with E-state index in [-0.39, 0.29) is 2.85 Å². The summed E-state index contributed by atoms with van der Waals surface area (Å²) in [5, 5.41) is 0. The van der Waals surface area contributed by atoms with Crippen LogP contribution in [0, 0.1) is 6.07 Å². The average Bonchev–Trinajstić information content (AvgIpc) is 3.13. The summed E-state index contributed by atoms with van der Waals surface area (Å²) in [6, 6.07) is 16.7. The summed E-state index contributed by atoms with van der Waals surface area (Å²) in [7, 11) is 0. The second-order valence-electron chi connectivity index (χ2n) is 5.92. The molecule has 0 nitrogen and oxygen atoms in total. The molecule has 0 bridgehead atoms. The summed E-state index contributed by atoms with van der Waals surface area (Å²) in [5.41, 5.74) is 8.16. The molecule has 110 valence electrons. The molecule has 2 aliphatic carbocycles. The van der Waals surface area contributed by atoms with Crippen LogP contribution in [-0.2, 0) is 30.7 Å². The van der Waals surface area contributed by atoms with Crippen LogP contribution in [0.2, 0.25) is 0 Å².